The van der Waals surface area contributed by atoms with Gasteiger partial charge < -0.3 is 9.84 Å². The maximum absolute atomic E-state index is 9.02. The Morgan fingerprint density at radius 2 is 1.89 bits per heavy atom. The Bertz CT molecular complexity index is 556. The van der Waals surface area contributed by atoms with Crippen molar-refractivity contribution in [3.8, 4) is 11.8 Å². The number of nitrogens with zero attached hydrogens (tertiary/aromatic N) is 2. The summed E-state index contributed by atoms with van der Waals surface area (Å²) in [6.07, 6.45) is 1.52. The van der Waals surface area contributed by atoms with Gasteiger partial charge >= 0.3 is 6.01 Å². The van der Waals surface area contributed by atoms with Crippen molar-refractivity contribution in [2.24, 2.45) is 0 Å². The summed E-state index contributed by atoms with van der Waals surface area (Å²) in [6, 6.07) is 5.03. The molecule has 1 heterocycles. The number of hydrogen-bond acceptors (Lipinski definition) is 4. The predicted octanol–water partition coefficient (Wildman–Crippen LogP) is 3.38. The molecule has 0 unspecified atom stereocenters. The summed E-state index contributed by atoms with van der Waals surface area (Å²) < 4.78 is 5.45. The number of aryl methyl sites for hydroxylation is 1. The minimum atomic E-state index is -0.102. The van der Waals surface area contributed by atoms with Gasteiger partial charge in [0.25, 0.3) is 0 Å². The summed E-state index contributed by atoms with van der Waals surface area (Å²) in [7, 11) is 0. The Hall–Kier alpha value is -1.36. The summed E-state index contributed by atoms with van der Waals surface area (Å²) in [5, 5.41) is 9.96. The molecule has 0 saturated carbocycles. The highest BCUT2D eigenvalue weighted by molar-refractivity contribution is 6.34. The minimum Gasteiger partial charge on any atom is -0.424 e. The molecule has 0 fully saturated rings. The third-order valence-corrected chi connectivity index (χ3v) is 2.71. The van der Waals surface area contributed by atoms with Crippen molar-refractivity contribution in [2.45, 2.75) is 13.5 Å². The Balaban J connectivity index is 2.25. The average Bonchev–Trinajstić information content (AvgIpc) is 2.27. The van der Waals surface area contributed by atoms with Gasteiger partial charge in [0.1, 0.15) is 5.75 Å². The van der Waals surface area contributed by atoms with Crippen LogP contribution in [-0.4, -0.2) is 15.1 Å². The largest absolute Gasteiger partial charge is 0.424 e. The molecule has 18 heavy (non-hydrogen) atoms. The van der Waals surface area contributed by atoms with Crippen molar-refractivity contribution in [1.29, 1.82) is 0 Å². The topological polar surface area (TPSA) is 55.2 Å². The zero-order chi connectivity index (χ0) is 13.1. The number of halogens is 2. The van der Waals surface area contributed by atoms with Crippen LogP contribution in [0, 0.1) is 6.92 Å². The van der Waals surface area contributed by atoms with Crippen LogP contribution in [0.4, 0.5) is 0 Å². The number of rotatable bonds is 3. The first-order valence-corrected chi connectivity index (χ1v) is 5.91. The third-order valence-electron chi connectivity index (χ3n) is 2.27. The second-order valence-corrected chi connectivity index (χ2v) is 4.50. The van der Waals surface area contributed by atoms with E-state index in [1.54, 1.807) is 25.1 Å². The van der Waals surface area contributed by atoms with Gasteiger partial charge in [-0.15, -0.1) is 0 Å². The molecule has 0 bridgehead atoms. The molecule has 1 N–H and O–H groups in total. The van der Waals surface area contributed by atoms with Crippen molar-refractivity contribution < 1.29 is 9.84 Å². The molecule has 94 valence electrons. The van der Waals surface area contributed by atoms with Crippen LogP contribution < -0.4 is 4.74 Å². The van der Waals surface area contributed by atoms with E-state index < -0.39 is 0 Å². The van der Waals surface area contributed by atoms with Crippen LogP contribution in [0.5, 0.6) is 11.8 Å². The molecule has 0 aliphatic carbocycles. The van der Waals surface area contributed by atoms with Crippen molar-refractivity contribution >= 4 is 23.2 Å². The lowest BCUT2D eigenvalue weighted by Crippen LogP contribution is -1.98. The van der Waals surface area contributed by atoms with E-state index in [-0.39, 0.29) is 12.6 Å². The first kappa shape index (κ1) is 13.1. The Kier molecular flexibility index (Phi) is 4.01. The monoisotopic (exact) mass is 284 g/mol. The lowest BCUT2D eigenvalue weighted by molar-refractivity contribution is 0.279. The highest BCUT2D eigenvalue weighted by Gasteiger charge is 2.06. The van der Waals surface area contributed by atoms with Crippen molar-refractivity contribution in [3.63, 3.8) is 0 Å². The van der Waals surface area contributed by atoms with Gasteiger partial charge in [0.05, 0.1) is 12.3 Å². The van der Waals surface area contributed by atoms with E-state index in [1.807, 2.05) is 0 Å². The van der Waals surface area contributed by atoms with E-state index in [1.165, 1.54) is 6.20 Å². The van der Waals surface area contributed by atoms with E-state index in [2.05, 4.69) is 9.97 Å². The number of ether oxygens (including phenoxy) is 1. The summed E-state index contributed by atoms with van der Waals surface area (Å²) in [5.41, 5.74) is 1.32. The standard InChI is InChI=1S/C12H10Cl2N2O2/c1-7-8(6-17)5-15-12(16-7)18-11-3-9(13)2-10(14)4-11/h2-5,17H,6H2,1H3. The van der Waals surface area contributed by atoms with Gasteiger partial charge in [0, 0.05) is 21.8 Å². The van der Waals surface area contributed by atoms with Crippen molar-refractivity contribution in [3.05, 3.63) is 45.7 Å². The summed E-state index contributed by atoms with van der Waals surface area (Å²) >= 11 is 11.7. The van der Waals surface area contributed by atoms with Gasteiger partial charge in [-0.25, -0.2) is 4.98 Å². The molecule has 0 aliphatic heterocycles. The zero-order valence-corrected chi connectivity index (χ0v) is 11.0. The Morgan fingerprint density at radius 1 is 1.22 bits per heavy atom. The van der Waals surface area contributed by atoms with Crippen LogP contribution in [0.15, 0.2) is 24.4 Å². The summed E-state index contributed by atoms with van der Waals surface area (Å²) in [5.74, 6) is 0.462. The van der Waals surface area contributed by atoms with Gasteiger partial charge in [-0.1, -0.05) is 23.2 Å². The van der Waals surface area contributed by atoms with Crippen LogP contribution >= 0.6 is 23.2 Å². The highest BCUT2D eigenvalue weighted by atomic mass is 35.5. The Labute approximate surface area is 114 Å². The molecule has 0 saturated heterocycles. The quantitative estimate of drug-likeness (QED) is 0.939. The minimum absolute atomic E-state index is 0.102. The maximum Gasteiger partial charge on any atom is 0.322 e. The molecule has 0 amide bonds. The molecule has 2 aromatic rings. The first-order chi connectivity index (χ1) is 8.58. The number of aliphatic hydroxyl groups excluding tert-OH is 1. The molecule has 1 aromatic carbocycles. The average molecular weight is 285 g/mol. The molecular weight excluding hydrogens is 275 g/mol. The van der Waals surface area contributed by atoms with Crippen LogP contribution in [-0.2, 0) is 6.61 Å². The fourth-order valence-electron chi connectivity index (χ4n) is 1.37. The molecule has 2 rings (SSSR count). The van der Waals surface area contributed by atoms with E-state index >= 15 is 0 Å². The number of aliphatic hydroxyl groups is 1. The number of aromatic nitrogens is 2. The zero-order valence-electron chi connectivity index (χ0n) is 9.52. The van der Waals surface area contributed by atoms with Gasteiger partial charge in [-0.3, -0.25) is 0 Å². The summed E-state index contributed by atoms with van der Waals surface area (Å²) in [4.78, 5) is 8.10. The van der Waals surface area contributed by atoms with E-state index in [9.17, 15) is 0 Å². The van der Waals surface area contributed by atoms with E-state index in [0.717, 1.165) is 0 Å². The van der Waals surface area contributed by atoms with Gasteiger partial charge in [-0.2, -0.15) is 4.98 Å². The molecule has 1 aromatic heterocycles. The highest BCUT2D eigenvalue weighted by Crippen LogP contribution is 2.27. The Morgan fingerprint density at radius 3 is 2.44 bits per heavy atom. The third kappa shape index (κ3) is 3.10. The molecule has 0 radical (unpaired) electrons. The molecule has 0 atom stereocenters. The molecule has 6 heteroatoms. The number of hydrogen-bond donors (Lipinski definition) is 1. The SMILES string of the molecule is Cc1nc(Oc2cc(Cl)cc(Cl)c2)ncc1CO. The molecule has 0 spiro atoms. The van der Waals surface area contributed by atoms with Crippen molar-refractivity contribution in [2.75, 3.05) is 0 Å². The first-order valence-electron chi connectivity index (χ1n) is 5.16. The van der Waals surface area contributed by atoms with E-state index in [0.29, 0.717) is 27.1 Å². The second kappa shape index (κ2) is 5.52. The molecular formula is C12H10Cl2N2O2. The lowest BCUT2D eigenvalue weighted by atomic mass is 10.3. The normalized spacial score (nSPS) is 10.4. The number of benzene rings is 1. The van der Waals surface area contributed by atoms with Gasteiger partial charge in [-0.05, 0) is 25.1 Å². The van der Waals surface area contributed by atoms with E-state index in [4.69, 9.17) is 33.0 Å². The van der Waals surface area contributed by atoms with Crippen molar-refractivity contribution in [1.82, 2.24) is 9.97 Å². The second-order valence-electron chi connectivity index (χ2n) is 3.63. The van der Waals surface area contributed by atoms with Gasteiger partial charge in [0.2, 0.25) is 0 Å². The lowest BCUT2D eigenvalue weighted by Gasteiger charge is -2.07. The van der Waals surface area contributed by atoms with Gasteiger partial charge in [0.15, 0.2) is 0 Å². The predicted molar refractivity (Wildman–Crippen MR) is 69.2 cm³/mol. The summed E-state index contributed by atoms with van der Waals surface area (Å²) in [6.45, 7) is 1.67. The van der Waals surface area contributed by atoms with Crippen LogP contribution in [0.1, 0.15) is 11.3 Å². The fraction of sp³-hybridized carbons (Fsp3) is 0.167. The fourth-order valence-corrected chi connectivity index (χ4v) is 1.87. The maximum atomic E-state index is 9.02. The van der Waals surface area contributed by atoms with Crippen LogP contribution in [0.3, 0.4) is 0 Å². The smallest absolute Gasteiger partial charge is 0.322 e. The van der Waals surface area contributed by atoms with Crippen LogP contribution in [0.2, 0.25) is 10.0 Å². The van der Waals surface area contributed by atoms with Crippen LogP contribution in [0.25, 0.3) is 0 Å². The molecule has 0 aliphatic rings. The molecule has 4 nitrogen and oxygen atoms in total.